The molecule has 3 N–H and O–H groups in total. The normalized spacial score (nSPS) is 25.0. The fourth-order valence-corrected chi connectivity index (χ4v) is 7.39. The van der Waals surface area contributed by atoms with Crippen molar-refractivity contribution in [3.05, 3.63) is 59.7 Å². The van der Waals surface area contributed by atoms with Crippen LogP contribution in [0.15, 0.2) is 42.6 Å². The van der Waals surface area contributed by atoms with Crippen LogP contribution in [0.4, 0.5) is 10.5 Å². The number of hydrogen-bond donors (Lipinski definition) is 2. The zero-order valence-corrected chi connectivity index (χ0v) is 23.5. The van der Waals surface area contributed by atoms with E-state index in [0.29, 0.717) is 12.3 Å². The second-order valence-electron chi connectivity index (χ2n) is 10.0. The van der Waals surface area contributed by atoms with Crippen LogP contribution in [0.2, 0.25) is 0 Å². The summed E-state index contributed by atoms with van der Waals surface area (Å²) in [5.41, 5.74) is 10.7. The van der Waals surface area contributed by atoms with Crippen LogP contribution in [0.5, 0.6) is 0 Å². The van der Waals surface area contributed by atoms with Gasteiger partial charge in [0.25, 0.3) is 0 Å². The molecule has 198 valence electrons. The predicted molar refractivity (Wildman–Crippen MR) is 151 cm³/mol. The predicted octanol–water partition coefficient (Wildman–Crippen LogP) is 5.45. The molecule has 1 aromatic carbocycles. The van der Waals surface area contributed by atoms with Crippen molar-refractivity contribution in [2.24, 2.45) is 5.73 Å². The Hall–Kier alpha value is -2.56. The van der Waals surface area contributed by atoms with Crippen LogP contribution in [0.1, 0.15) is 56.9 Å². The van der Waals surface area contributed by atoms with Crippen molar-refractivity contribution < 1.29 is 14.3 Å². The molecule has 0 fully saturated rings. The van der Waals surface area contributed by atoms with Crippen molar-refractivity contribution >= 4 is 33.4 Å². The molecular formula is C27H35N5O3S2. The summed E-state index contributed by atoms with van der Waals surface area (Å²) in [5, 5.41) is 3.33. The molecule has 0 bridgehead atoms. The number of unbranched alkanes of at least 4 members (excludes halogenated alkanes) is 1. The first-order valence-corrected chi connectivity index (χ1v) is 15.1. The number of nitrogens with one attached hydrogen (secondary N) is 1. The lowest BCUT2D eigenvalue weighted by Crippen LogP contribution is -2.41. The quantitative estimate of drug-likeness (QED) is 0.244. The highest BCUT2D eigenvalue weighted by Gasteiger charge is 2.45. The van der Waals surface area contributed by atoms with E-state index in [4.69, 9.17) is 20.2 Å². The Morgan fingerprint density at radius 1 is 1.32 bits per heavy atom. The van der Waals surface area contributed by atoms with Crippen molar-refractivity contribution in [3.8, 4) is 11.3 Å². The lowest BCUT2D eigenvalue weighted by atomic mass is 9.83. The monoisotopic (exact) mass is 541 g/mol. The maximum Gasteiger partial charge on any atom is 0.509 e. The van der Waals surface area contributed by atoms with Gasteiger partial charge in [-0.2, -0.15) is 0 Å². The number of rotatable bonds is 9. The average molecular weight is 542 g/mol. The van der Waals surface area contributed by atoms with E-state index >= 15 is 0 Å². The largest absolute Gasteiger partial charge is 0.509 e. The molecule has 37 heavy (non-hydrogen) atoms. The highest BCUT2D eigenvalue weighted by molar-refractivity contribution is 8.77. The third-order valence-corrected chi connectivity index (χ3v) is 10.1. The van der Waals surface area contributed by atoms with E-state index in [9.17, 15) is 4.79 Å². The lowest BCUT2D eigenvalue weighted by Gasteiger charge is -2.42. The lowest BCUT2D eigenvalue weighted by molar-refractivity contribution is -0.0378. The van der Waals surface area contributed by atoms with Gasteiger partial charge in [0.05, 0.1) is 12.2 Å². The first kappa shape index (κ1) is 26.1. The summed E-state index contributed by atoms with van der Waals surface area (Å²) in [6, 6.07) is 6.10. The van der Waals surface area contributed by atoms with Gasteiger partial charge in [0.1, 0.15) is 29.2 Å². The van der Waals surface area contributed by atoms with Gasteiger partial charge in [-0.15, -0.1) is 0 Å². The number of aromatic nitrogens is 2. The van der Waals surface area contributed by atoms with Crippen LogP contribution in [0, 0.1) is 0 Å². The van der Waals surface area contributed by atoms with Gasteiger partial charge in [-0.05, 0) is 44.7 Å². The molecule has 5 rings (SSSR count). The van der Waals surface area contributed by atoms with Crippen LogP contribution in [0.3, 0.4) is 0 Å². The molecule has 2 aromatic rings. The first-order chi connectivity index (χ1) is 17.8. The Balaban J connectivity index is 1.31. The maximum absolute atomic E-state index is 12.9. The van der Waals surface area contributed by atoms with Gasteiger partial charge in [0.2, 0.25) is 0 Å². The third kappa shape index (κ3) is 4.86. The molecule has 0 spiro atoms. The fraction of sp³-hybridized carbons (Fsp3) is 0.481. The zero-order chi connectivity index (χ0) is 26.2. The van der Waals surface area contributed by atoms with Gasteiger partial charge in [0.15, 0.2) is 5.60 Å². The molecule has 3 unspecified atom stereocenters. The summed E-state index contributed by atoms with van der Waals surface area (Å²) in [5.74, 6) is 1.65. The number of allylic oxidation sites excluding steroid dienone is 2. The Bertz CT molecular complexity index is 1240. The molecule has 0 amide bonds. The van der Waals surface area contributed by atoms with E-state index in [-0.39, 0.29) is 17.6 Å². The van der Waals surface area contributed by atoms with Crippen molar-refractivity contribution in [1.82, 2.24) is 14.9 Å². The Kier molecular flexibility index (Phi) is 7.26. The van der Waals surface area contributed by atoms with Gasteiger partial charge >= 0.3 is 6.16 Å². The van der Waals surface area contributed by atoms with Crippen LogP contribution < -0.4 is 16.0 Å². The number of benzene rings is 1. The molecule has 1 aromatic heterocycles. The number of ether oxygens (including phenoxy) is 2. The minimum Gasteiger partial charge on any atom is -0.433 e. The second kappa shape index (κ2) is 10.3. The van der Waals surface area contributed by atoms with Crippen molar-refractivity contribution in [2.75, 3.05) is 24.3 Å². The zero-order valence-electron chi connectivity index (χ0n) is 21.8. The Morgan fingerprint density at radius 3 is 2.92 bits per heavy atom. The molecule has 3 atom stereocenters. The second-order valence-corrected chi connectivity index (χ2v) is 12.9. The Morgan fingerprint density at radius 2 is 2.16 bits per heavy atom. The molecule has 10 heteroatoms. The highest BCUT2D eigenvalue weighted by Crippen LogP contribution is 2.51. The molecule has 0 aliphatic carbocycles. The van der Waals surface area contributed by atoms with Gasteiger partial charge < -0.3 is 30.0 Å². The average Bonchev–Trinajstić information content (AvgIpc) is 3.24. The van der Waals surface area contributed by atoms with Crippen molar-refractivity contribution in [2.45, 2.75) is 63.2 Å². The third-order valence-electron chi connectivity index (χ3n) is 7.13. The number of carbonyl (C=O) groups excluding carboxylic acids is 1. The smallest absolute Gasteiger partial charge is 0.433 e. The number of anilines is 1. The van der Waals surface area contributed by atoms with Gasteiger partial charge in [-0.1, -0.05) is 53.1 Å². The van der Waals surface area contributed by atoms with E-state index < -0.39 is 11.8 Å². The number of dihydropyridines is 1. The molecule has 3 aliphatic rings. The number of imidazole rings is 1. The molecule has 4 heterocycles. The van der Waals surface area contributed by atoms with E-state index in [2.05, 4.69) is 35.9 Å². The summed E-state index contributed by atoms with van der Waals surface area (Å²) in [6.45, 7) is 7.00. The minimum absolute atomic E-state index is 0.172. The molecule has 8 nitrogen and oxygen atoms in total. The van der Waals surface area contributed by atoms with Crippen molar-refractivity contribution in [3.63, 3.8) is 0 Å². The van der Waals surface area contributed by atoms with Crippen LogP contribution in [-0.2, 0) is 28.0 Å². The summed E-state index contributed by atoms with van der Waals surface area (Å²) in [4.78, 5) is 19.8. The van der Waals surface area contributed by atoms with E-state index in [1.54, 1.807) is 21.6 Å². The topological polar surface area (TPSA) is 94.6 Å². The standard InChI is InChI=1S/C27H35N5O3S2/c1-5-6-12-20-30-22-23-21-18(10-9-11-19(21)31(4)24(22)28)26(2,17-32(20)23)35-25(33)34-15-16-36-37-27(3)13-7-8-14-29-27/h7-11,13-14,24,29H,5-6,12,15-17,28H2,1-4H3. The van der Waals surface area contributed by atoms with Crippen LogP contribution >= 0.6 is 21.6 Å². The molecule has 0 radical (unpaired) electrons. The highest BCUT2D eigenvalue weighted by atomic mass is 33.1. The summed E-state index contributed by atoms with van der Waals surface area (Å²) in [7, 11) is 5.34. The minimum atomic E-state index is -0.894. The number of nitrogens with zero attached hydrogens (tertiary/aromatic N) is 3. The number of aryl methyl sites for hydroxylation is 1. The van der Waals surface area contributed by atoms with E-state index in [0.717, 1.165) is 53.3 Å². The van der Waals surface area contributed by atoms with Crippen molar-refractivity contribution in [1.29, 1.82) is 0 Å². The van der Waals surface area contributed by atoms with E-state index in [1.165, 1.54) is 0 Å². The number of carbonyl (C=O) groups is 1. The van der Waals surface area contributed by atoms with Crippen LogP contribution in [0.25, 0.3) is 11.3 Å². The van der Waals surface area contributed by atoms with Crippen LogP contribution in [-0.4, -0.2) is 40.0 Å². The van der Waals surface area contributed by atoms with E-state index in [1.807, 2.05) is 49.4 Å². The first-order valence-electron chi connectivity index (χ1n) is 12.8. The molecular weight excluding hydrogens is 506 g/mol. The summed E-state index contributed by atoms with van der Waals surface area (Å²) < 4.78 is 13.8. The molecule has 0 saturated heterocycles. The van der Waals surface area contributed by atoms with Gasteiger partial charge in [-0.25, -0.2) is 9.78 Å². The van der Waals surface area contributed by atoms with Gasteiger partial charge in [0, 0.05) is 36.0 Å². The number of nitrogens with two attached hydrogens (primary N) is 1. The SMILES string of the molecule is CCCCc1nc2c3n1CC(C)(OC(=O)OCCSSC1(C)C=CC=CN1)c1cccc(c1-3)N(C)C2N. The summed E-state index contributed by atoms with van der Waals surface area (Å²) in [6.07, 6.45) is 10.0. The summed E-state index contributed by atoms with van der Waals surface area (Å²) >= 11 is 0. The number of hydrogen-bond acceptors (Lipinski definition) is 9. The Labute approximate surface area is 226 Å². The maximum atomic E-state index is 12.9. The molecule has 3 aliphatic heterocycles. The molecule has 0 saturated carbocycles. The van der Waals surface area contributed by atoms with Gasteiger partial charge in [-0.3, -0.25) is 0 Å². The fourth-order valence-electron chi connectivity index (χ4n) is 5.16.